The molecule has 0 atom stereocenters. The van der Waals surface area contributed by atoms with Gasteiger partial charge in [-0.2, -0.15) is 0 Å². The molecule has 0 aromatic heterocycles. The fourth-order valence-electron chi connectivity index (χ4n) is 1.81. The van der Waals surface area contributed by atoms with Gasteiger partial charge in [-0.3, -0.25) is 0 Å². The smallest absolute Gasteiger partial charge is 0.190 e. The van der Waals surface area contributed by atoms with Crippen molar-refractivity contribution >= 4 is 0 Å². The van der Waals surface area contributed by atoms with Gasteiger partial charge in [0.2, 0.25) is 0 Å². The maximum atomic E-state index is 13.3. The first kappa shape index (κ1) is 15.3. The number of nitrogens with two attached hydrogens (primary N) is 1. The number of rotatable bonds is 7. The molecule has 21 heavy (non-hydrogen) atoms. The second-order valence-electron chi connectivity index (χ2n) is 4.45. The number of benzene rings is 2. The number of para-hydroxylation sites is 1. The van der Waals surface area contributed by atoms with Crippen molar-refractivity contribution in [3.8, 4) is 11.5 Å². The number of hydrogen-bond acceptors (Lipinski definition) is 3. The van der Waals surface area contributed by atoms with E-state index in [-0.39, 0.29) is 12.4 Å². The lowest BCUT2D eigenvalue weighted by atomic mass is 10.2. The van der Waals surface area contributed by atoms with E-state index >= 15 is 0 Å². The average Bonchev–Trinajstić information content (AvgIpc) is 2.50. The van der Waals surface area contributed by atoms with Crippen LogP contribution in [-0.4, -0.2) is 13.2 Å². The Morgan fingerprint density at radius 1 is 0.905 bits per heavy atom. The maximum absolute atomic E-state index is 13.3. The van der Waals surface area contributed by atoms with Crippen LogP contribution in [0.15, 0.2) is 42.5 Å². The van der Waals surface area contributed by atoms with E-state index in [1.807, 2.05) is 24.3 Å². The third-order valence-corrected chi connectivity index (χ3v) is 2.86. The zero-order valence-corrected chi connectivity index (χ0v) is 11.5. The lowest BCUT2D eigenvalue weighted by Crippen LogP contribution is -2.07. The summed E-state index contributed by atoms with van der Waals surface area (Å²) in [7, 11) is 0. The molecule has 2 rings (SSSR count). The Morgan fingerprint density at radius 2 is 1.57 bits per heavy atom. The summed E-state index contributed by atoms with van der Waals surface area (Å²) in [5, 5.41) is 0. The van der Waals surface area contributed by atoms with Crippen molar-refractivity contribution in [2.24, 2.45) is 5.73 Å². The van der Waals surface area contributed by atoms with Crippen LogP contribution in [0.25, 0.3) is 0 Å². The first-order valence-corrected chi connectivity index (χ1v) is 6.69. The van der Waals surface area contributed by atoms with Gasteiger partial charge in [-0.15, -0.1) is 0 Å². The summed E-state index contributed by atoms with van der Waals surface area (Å²) in [5.41, 5.74) is 6.52. The van der Waals surface area contributed by atoms with Crippen LogP contribution in [0.2, 0.25) is 0 Å². The summed E-state index contributed by atoms with van der Waals surface area (Å²) < 4.78 is 37.2. The largest absolute Gasteiger partial charge is 0.493 e. The Morgan fingerprint density at radius 3 is 2.29 bits per heavy atom. The fourth-order valence-corrected chi connectivity index (χ4v) is 1.81. The predicted molar refractivity (Wildman–Crippen MR) is 76.3 cm³/mol. The van der Waals surface area contributed by atoms with E-state index < -0.39 is 11.6 Å². The number of halogens is 2. The summed E-state index contributed by atoms with van der Waals surface area (Å²) in [5.74, 6) is -1.03. The van der Waals surface area contributed by atoms with Crippen molar-refractivity contribution in [3.05, 3.63) is 59.7 Å². The molecule has 2 aromatic carbocycles. The van der Waals surface area contributed by atoms with Crippen molar-refractivity contribution in [2.75, 3.05) is 13.2 Å². The molecule has 0 radical (unpaired) electrons. The highest BCUT2D eigenvalue weighted by atomic mass is 19.1. The molecule has 2 N–H and O–H groups in total. The Hall–Kier alpha value is -2.14. The van der Waals surface area contributed by atoms with E-state index in [1.165, 1.54) is 6.07 Å². The molecule has 0 spiro atoms. The Labute approximate surface area is 122 Å². The second-order valence-corrected chi connectivity index (χ2v) is 4.45. The van der Waals surface area contributed by atoms with E-state index in [4.69, 9.17) is 15.2 Å². The minimum Gasteiger partial charge on any atom is -0.493 e. The molecule has 0 bridgehead atoms. The minimum atomic E-state index is -0.702. The van der Waals surface area contributed by atoms with Crippen molar-refractivity contribution in [1.29, 1.82) is 0 Å². The van der Waals surface area contributed by atoms with Crippen LogP contribution in [-0.2, 0) is 6.54 Å². The number of ether oxygens (including phenoxy) is 2. The highest BCUT2D eigenvalue weighted by Crippen LogP contribution is 2.21. The molecule has 0 aliphatic rings. The highest BCUT2D eigenvalue weighted by molar-refractivity contribution is 5.28. The monoisotopic (exact) mass is 293 g/mol. The second kappa shape index (κ2) is 7.59. The third kappa shape index (κ3) is 4.43. The maximum Gasteiger partial charge on any atom is 0.190 e. The van der Waals surface area contributed by atoms with Gasteiger partial charge < -0.3 is 15.2 Å². The molecule has 0 aliphatic heterocycles. The van der Waals surface area contributed by atoms with Gasteiger partial charge in [0.1, 0.15) is 5.75 Å². The van der Waals surface area contributed by atoms with Crippen LogP contribution in [0, 0.1) is 11.6 Å². The van der Waals surface area contributed by atoms with Crippen LogP contribution in [0.3, 0.4) is 0 Å². The molecule has 0 aliphatic carbocycles. The molecule has 5 heteroatoms. The summed E-state index contributed by atoms with van der Waals surface area (Å²) in [6.07, 6.45) is 0.515. The van der Waals surface area contributed by atoms with E-state index in [2.05, 4.69) is 0 Å². The lowest BCUT2D eigenvalue weighted by molar-refractivity contribution is 0.234. The fraction of sp³-hybridized carbons (Fsp3) is 0.250. The summed E-state index contributed by atoms with van der Waals surface area (Å²) in [6.45, 7) is 1.02. The van der Waals surface area contributed by atoms with Crippen LogP contribution in [0.4, 0.5) is 8.78 Å². The molecular weight excluding hydrogens is 276 g/mol. The zero-order chi connectivity index (χ0) is 15.1. The Kier molecular flexibility index (Phi) is 5.51. The van der Waals surface area contributed by atoms with E-state index in [1.54, 1.807) is 0 Å². The zero-order valence-electron chi connectivity index (χ0n) is 11.5. The van der Waals surface area contributed by atoms with Gasteiger partial charge in [-0.25, -0.2) is 8.78 Å². The van der Waals surface area contributed by atoms with Crippen LogP contribution in [0.5, 0.6) is 11.5 Å². The molecule has 3 nitrogen and oxygen atoms in total. The van der Waals surface area contributed by atoms with Gasteiger partial charge in [-0.05, 0) is 29.8 Å². The van der Waals surface area contributed by atoms with Crippen LogP contribution < -0.4 is 15.2 Å². The molecule has 112 valence electrons. The molecule has 0 saturated carbocycles. The third-order valence-electron chi connectivity index (χ3n) is 2.86. The van der Waals surface area contributed by atoms with Crippen molar-refractivity contribution in [3.63, 3.8) is 0 Å². The first-order chi connectivity index (χ1) is 10.2. The van der Waals surface area contributed by atoms with E-state index in [0.29, 0.717) is 19.6 Å². The van der Waals surface area contributed by atoms with Crippen LogP contribution in [0.1, 0.15) is 12.0 Å². The number of hydrogen-bond donors (Lipinski definition) is 1. The minimum absolute atomic E-state index is 0.175. The highest BCUT2D eigenvalue weighted by Gasteiger charge is 2.08. The van der Waals surface area contributed by atoms with Gasteiger partial charge >= 0.3 is 0 Å². The summed E-state index contributed by atoms with van der Waals surface area (Å²) >= 11 is 0. The van der Waals surface area contributed by atoms with Crippen molar-refractivity contribution in [1.82, 2.24) is 0 Å². The first-order valence-electron chi connectivity index (χ1n) is 6.69. The molecule has 0 saturated heterocycles. The SMILES string of the molecule is NCc1cccc(OCCCOc2c(F)cccc2F)c1. The summed E-state index contributed by atoms with van der Waals surface area (Å²) in [6, 6.07) is 11.1. The van der Waals surface area contributed by atoms with Crippen molar-refractivity contribution < 1.29 is 18.3 Å². The lowest BCUT2D eigenvalue weighted by Gasteiger charge is -2.09. The van der Waals surface area contributed by atoms with Gasteiger partial charge in [0.25, 0.3) is 0 Å². The van der Waals surface area contributed by atoms with Gasteiger partial charge in [0.05, 0.1) is 13.2 Å². The molecule has 0 amide bonds. The molecule has 2 aromatic rings. The Balaban J connectivity index is 1.75. The van der Waals surface area contributed by atoms with Gasteiger partial charge in [-0.1, -0.05) is 18.2 Å². The van der Waals surface area contributed by atoms with Gasteiger partial charge in [0, 0.05) is 13.0 Å². The standard InChI is InChI=1S/C16H17F2NO2/c17-14-6-2-7-15(18)16(14)21-9-3-8-20-13-5-1-4-12(10-13)11-19/h1-2,4-7,10H,3,8-9,11,19H2. The summed E-state index contributed by atoms with van der Waals surface area (Å²) in [4.78, 5) is 0. The predicted octanol–water partition coefficient (Wildman–Crippen LogP) is 3.27. The molecule has 0 heterocycles. The van der Waals surface area contributed by atoms with E-state index in [9.17, 15) is 8.78 Å². The average molecular weight is 293 g/mol. The van der Waals surface area contributed by atoms with Crippen molar-refractivity contribution in [2.45, 2.75) is 13.0 Å². The molecule has 0 unspecified atom stereocenters. The van der Waals surface area contributed by atoms with Crippen LogP contribution >= 0.6 is 0 Å². The molecule has 0 fully saturated rings. The van der Waals surface area contributed by atoms with Gasteiger partial charge in [0.15, 0.2) is 17.4 Å². The normalized spacial score (nSPS) is 10.4. The Bertz CT molecular complexity index is 570. The molecular formula is C16H17F2NO2. The quantitative estimate of drug-likeness (QED) is 0.797. The topological polar surface area (TPSA) is 44.5 Å². The van der Waals surface area contributed by atoms with E-state index in [0.717, 1.165) is 23.4 Å².